The van der Waals surface area contributed by atoms with Gasteiger partial charge in [0.05, 0.1) is 13.7 Å². The number of ether oxygens (including phenoxy) is 2. The molecule has 0 aliphatic heterocycles. The van der Waals surface area contributed by atoms with Crippen LogP contribution in [0.25, 0.3) is 0 Å². The van der Waals surface area contributed by atoms with Crippen LogP contribution in [0.15, 0.2) is 24.3 Å². The van der Waals surface area contributed by atoms with Gasteiger partial charge in [0.2, 0.25) is 0 Å². The van der Waals surface area contributed by atoms with Crippen molar-refractivity contribution in [2.45, 2.75) is 20.0 Å². The predicted octanol–water partition coefficient (Wildman–Crippen LogP) is 2.44. The Labute approximate surface area is 96.4 Å². The summed E-state index contributed by atoms with van der Waals surface area (Å²) in [6.07, 6.45) is 1.49. The highest BCUT2D eigenvalue weighted by atomic mass is 16.5. The third-order valence-electron chi connectivity index (χ3n) is 2.33. The largest absolute Gasteiger partial charge is 0.497 e. The Morgan fingerprint density at radius 2 is 2.00 bits per heavy atom. The van der Waals surface area contributed by atoms with Gasteiger partial charge in [0.1, 0.15) is 12.0 Å². The fourth-order valence-corrected chi connectivity index (χ4v) is 1.33. The molecule has 1 aromatic rings. The molecule has 1 aromatic carbocycles. The van der Waals surface area contributed by atoms with Gasteiger partial charge in [-0.25, -0.2) is 0 Å². The summed E-state index contributed by atoms with van der Waals surface area (Å²) in [6.45, 7) is 3.19. The predicted molar refractivity (Wildman–Crippen MR) is 62.5 cm³/mol. The number of benzene rings is 1. The van der Waals surface area contributed by atoms with Gasteiger partial charge in [-0.15, -0.1) is 0 Å². The first kappa shape index (κ1) is 12.7. The first-order valence-corrected chi connectivity index (χ1v) is 5.40. The highest BCUT2D eigenvalue weighted by Crippen LogP contribution is 2.12. The van der Waals surface area contributed by atoms with Crippen LogP contribution in [0.4, 0.5) is 0 Å². The zero-order valence-corrected chi connectivity index (χ0v) is 9.81. The standard InChI is InChI=1S/C13H18O3/c1-11(7-8-14)9-16-10-12-3-5-13(15-2)6-4-12/h3-6,8,11H,7,9-10H2,1-2H3/t11-/m0/s1. The molecule has 0 saturated carbocycles. The zero-order chi connectivity index (χ0) is 11.8. The highest BCUT2D eigenvalue weighted by Gasteiger charge is 2.01. The molecule has 0 unspecified atom stereocenters. The zero-order valence-electron chi connectivity index (χ0n) is 9.81. The van der Waals surface area contributed by atoms with E-state index in [4.69, 9.17) is 9.47 Å². The number of aldehydes is 1. The summed E-state index contributed by atoms with van der Waals surface area (Å²) in [6, 6.07) is 7.77. The minimum absolute atomic E-state index is 0.288. The van der Waals surface area contributed by atoms with Crippen molar-refractivity contribution in [1.82, 2.24) is 0 Å². The Bertz CT molecular complexity index is 305. The Morgan fingerprint density at radius 1 is 1.31 bits per heavy atom. The van der Waals surface area contributed by atoms with Crippen LogP contribution >= 0.6 is 0 Å². The number of carbonyl (C=O) groups is 1. The Morgan fingerprint density at radius 3 is 2.56 bits per heavy atom. The van der Waals surface area contributed by atoms with E-state index < -0.39 is 0 Å². The molecule has 88 valence electrons. The number of hydrogen-bond acceptors (Lipinski definition) is 3. The van der Waals surface area contributed by atoms with Crippen molar-refractivity contribution in [3.05, 3.63) is 29.8 Å². The maximum absolute atomic E-state index is 10.2. The van der Waals surface area contributed by atoms with Gasteiger partial charge >= 0.3 is 0 Å². The van der Waals surface area contributed by atoms with E-state index in [1.807, 2.05) is 31.2 Å². The summed E-state index contributed by atoms with van der Waals surface area (Å²) in [5.74, 6) is 1.13. The summed E-state index contributed by atoms with van der Waals surface area (Å²) < 4.78 is 10.6. The van der Waals surface area contributed by atoms with Crippen LogP contribution in [0, 0.1) is 5.92 Å². The van der Waals surface area contributed by atoms with Crippen molar-refractivity contribution < 1.29 is 14.3 Å². The molecule has 0 spiro atoms. The van der Waals surface area contributed by atoms with Crippen molar-refractivity contribution in [3.8, 4) is 5.75 Å². The second-order valence-electron chi connectivity index (χ2n) is 3.87. The van der Waals surface area contributed by atoms with E-state index in [9.17, 15) is 4.79 Å². The molecule has 1 atom stereocenters. The number of hydrogen-bond donors (Lipinski definition) is 0. The summed E-state index contributed by atoms with van der Waals surface area (Å²) in [4.78, 5) is 10.2. The molecular weight excluding hydrogens is 204 g/mol. The van der Waals surface area contributed by atoms with Gasteiger partial charge in [-0.1, -0.05) is 19.1 Å². The van der Waals surface area contributed by atoms with Gasteiger partial charge in [0.25, 0.3) is 0 Å². The lowest BCUT2D eigenvalue weighted by molar-refractivity contribution is -0.109. The molecule has 0 amide bonds. The summed E-state index contributed by atoms with van der Waals surface area (Å²) >= 11 is 0. The van der Waals surface area contributed by atoms with E-state index in [1.54, 1.807) is 7.11 Å². The minimum atomic E-state index is 0.288. The lowest BCUT2D eigenvalue weighted by atomic mass is 10.1. The molecule has 1 rings (SSSR count). The van der Waals surface area contributed by atoms with Crippen molar-refractivity contribution in [2.75, 3.05) is 13.7 Å². The van der Waals surface area contributed by atoms with E-state index in [2.05, 4.69) is 0 Å². The SMILES string of the molecule is COc1ccc(COC[C@@H](C)CC=O)cc1. The van der Waals surface area contributed by atoms with Crippen LogP contribution in [0.5, 0.6) is 5.75 Å². The Kier molecular flexibility index (Phi) is 5.57. The van der Waals surface area contributed by atoms with E-state index >= 15 is 0 Å². The smallest absolute Gasteiger partial charge is 0.120 e. The Balaban J connectivity index is 2.28. The molecule has 0 aromatic heterocycles. The first-order chi connectivity index (χ1) is 7.76. The fraction of sp³-hybridized carbons (Fsp3) is 0.462. The fourth-order valence-electron chi connectivity index (χ4n) is 1.33. The van der Waals surface area contributed by atoms with Crippen molar-refractivity contribution >= 4 is 6.29 Å². The second-order valence-corrected chi connectivity index (χ2v) is 3.87. The van der Waals surface area contributed by atoms with Crippen LogP contribution in [-0.2, 0) is 16.1 Å². The minimum Gasteiger partial charge on any atom is -0.497 e. The second kappa shape index (κ2) is 7.01. The van der Waals surface area contributed by atoms with E-state index in [0.717, 1.165) is 17.6 Å². The molecular formula is C13H18O3. The lowest BCUT2D eigenvalue weighted by Crippen LogP contribution is -2.06. The summed E-state index contributed by atoms with van der Waals surface area (Å²) in [5.41, 5.74) is 1.11. The molecule has 0 fully saturated rings. The van der Waals surface area contributed by atoms with Crippen molar-refractivity contribution in [2.24, 2.45) is 5.92 Å². The van der Waals surface area contributed by atoms with E-state index in [1.165, 1.54) is 0 Å². The quantitative estimate of drug-likeness (QED) is 0.665. The molecule has 0 bridgehead atoms. The van der Waals surface area contributed by atoms with Gasteiger partial charge in [-0.3, -0.25) is 0 Å². The summed E-state index contributed by atoms with van der Waals surface area (Å²) in [5, 5.41) is 0. The molecule has 0 saturated heterocycles. The number of methoxy groups -OCH3 is 1. The van der Waals surface area contributed by atoms with Crippen molar-refractivity contribution in [1.29, 1.82) is 0 Å². The van der Waals surface area contributed by atoms with E-state index in [0.29, 0.717) is 19.6 Å². The van der Waals surface area contributed by atoms with Gasteiger partial charge in [0, 0.05) is 13.0 Å². The average Bonchev–Trinajstić information content (AvgIpc) is 2.30. The van der Waals surface area contributed by atoms with Crippen LogP contribution in [0.1, 0.15) is 18.9 Å². The lowest BCUT2D eigenvalue weighted by Gasteiger charge is -2.09. The molecule has 3 nitrogen and oxygen atoms in total. The topological polar surface area (TPSA) is 35.5 Å². The molecule has 0 heterocycles. The molecule has 0 N–H and O–H groups in total. The van der Waals surface area contributed by atoms with Crippen LogP contribution < -0.4 is 4.74 Å². The molecule has 0 aliphatic rings. The highest BCUT2D eigenvalue weighted by molar-refractivity contribution is 5.49. The number of rotatable bonds is 7. The van der Waals surface area contributed by atoms with Crippen LogP contribution in [0.2, 0.25) is 0 Å². The molecule has 0 aliphatic carbocycles. The number of carbonyl (C=O) groups excluding carboxylic acids is 1. The normalized spacial score (nSPS) is 12.1. The van der Waals surface area contributed by atoms with Crippen molar-refractivity contribution in [3.63, 3.8) is 0 Å². The van der Waals surface area contributed by atoms with E-state index in [-0.39, 0.29) is 5.92 Å². The summed E-state index contributed by atoms with van der Waals surface area (Å²) in [7, 11) is 1.65. The third-order valence-corrected chi connectivity index (χ3v) is 2.33. The molecule has 16 heavy (non-hydrogen) atoms. The monoisotopic (exact) mass is 222 g/mol. The maximum atomic E-state index is 10.2. The van der Waals surface area contributed by atoms with Crippen LogP contribution in [0.3, 0.4) is 0 Å². The van der Waals surface area contributed by atoms with Gasteiger partial charge in [-0.05, 0) is 23.6 Å². The first-order valence-electron chi connectivity index (χ1n) is 5.40. The average molecular weight is 222 g/mol. The third kappa shape index (κ3) is 4.45. The van der Waals surface area contributed by atoms with Crippen LogP contribution in [-0.4, -0.2) is 20.0 Å². The van der Waals surface area contributed by atoms with Gasteiger partial charge < -0.3 is 14.3 Å². The maximum Gasteiger partial charge on any atom is 0.120 e. The Hall–Kier alpha value is -1.35. The molecule has 3 heteroatoms. The van der Waals surface area contributed by atoms with Gasteiger partial charge in [0.15, 0.2) is 0 Å². The molecule has 0 radical (unpaired) electrons. The van der Waals surface area contributed by atoms with Gasteiger partial charge in [-0.2, -0.15) is 0 Å².